The van der Waals surface area contributed by atoms with Gasteiger partial charge in [-0.3, -0.25) is 0 Å². The highest BCUT2D eigenvalue weighted by atomic mass is 28.4. The SMILES string of the molecule is CC(/C=C/C(=O)O)=C\[C@@H](C)[C@H]1C/C(C)=C/C=C/CC[C@@H](O[Si](C)(C)C)[C@H](O[Si](C(C)C)(C(C)C)C(C)C)/C=C/[C@H](O[Si](C)(C)C(C)(C)C)CCC/C=C/C(=O)O1. The van der Waals surface area contributed by atoms with Crippen LogP contribution in [0.15, 0.2) is 71.9 Å². The van der Waals surface area contributed by atoms with E-state index in [4.69, 9.17) is 23.1 Å². The molecule has 0 radical (unpaired) electrons. The summed E-state index contributed by atoms with van der Waals surface area (Å²) in [6.07, 6.45) is 22.9. The average molecular weight is 831 g/mol. The Morgan fingerprint density at radius 1 is 0.875 bits per heavy atom. The van der Waals surface area contributed by atoms with Crippen LogP contribution in [0.1, 0.15) is 122 Å². The molecule has 0 unspecified atom stereocenters. The van der Waals surface area contributed by atoms with Crippen LogP contribution in [-0.2, 0) is 27.6 Å². The summed E-state index contributed by atoms with van der Waals surface area (Å²) in [5.74, 6) is -1.50. The fourth-order valence-corrected chi connectivity index (χ4v) is 15.5. The van der Waals surface area contributed by atoms with Crippen LogP contribution in [0.4, 0.5) is 0 Å². The number of rotatable bonds is 13. The van der Waals surface area contributed by atoms with Crippen molar-refractivity contribution in [1.82, 2.24) is 0 Å². The molecule has 1 heterocycles. The standard InChI is InChI=1S/C46H82O7Si3/c1-34(2)56(35(3)4,36(5)6)53-42-30-29-40(51-55(16,17)46(10,11)12)25-21-19-23-27-45(49)50-43(39(9)32-38(8)28-31-44(47)48)33-37(7)24-20-18-22-26-41(42)52-54(13,14)15/h18,20,23-24,27-32,34-36,39-43H,19,21-22,25-26,33H2,1-17H3,(H,47,48)/b20-18+,27-23+,30-29+,31-28+,37-24+,38-32+/t39-,40-,41-,42-,43-/m1/s1. The van der Waals surface area contributed by atoms with Crippen LogP contribution < -0.4 is 0 Å². The molecule has 1 rings (SSSR count). The molecule has 7 nitrogen and oxygen atoms in total. The summed E-state index contributed by atoms with van der Waals surface area (Å²) in [5, 5.41) is 9.14. The Bertz CT molecular complexity index is 1380. The minimum absolute atomic E-state index is 0.0508. The van der Waals surface area contributed by atoms with E-state index in [-0.39, 0.29) is 35.2 Å². The summed E-state index contributed by atoms with van der Waals surface area (Å²) in [6.45, 7) is 38.3. The van der Waals surface area contributed by atoms with Crippen molar-refractivity contribution in [3.8, 4) is 0 Å². The number of aliphatic carboxylic acids is 1. The topological polar surface area (TPSA) is 91.3 Å². The Hall–Kier alpha value is -2.09. The molecule has 0 amide bonds. The van der Waals surface area contributed by atoms with E-state index in [0.29, 0.717) is 29.5 Å². The summed E-state index contributed by atoms with van der Waals surface area (Å²) < 4.78 is 27.9. The van der Waals surface area contributed by atoms with E-state index in [9.17, 15) is 9.59 Å². The van der Waals surface area contributed by atoms with Gasteiger partial charge in [-0.25, -0.2) is 9.59 Å². The van der Waals surface area contributed by atoms with E-state index < -0.39 is 37.0 Å². The summed E-state index contributed by atoms with van der Waals surface area (Å²) in [6, 6.07) is 0. The number of hydrogen-bond donors (Lipinski definition) is 1. The maximum Gasteiger partial charge on any atom is 0.330 e. The van der Waals surface area contributed by atoms with Gasteiger partial charge in [0.1, 0.15) is 6.10 Å². The third-order valence-electron chi connectivity index (χ3n) is 11.3. The number of allylic oxidation sites excluding steroid dienone is 6. The van der Waals surface area contributed by atoms with Gasteiger partial charge in [-0.15, -0.1) is 0 Å². The van der Waals surface area contributed by atoms with Crippen molar-refractivity contribution in [3.05, 3.63) is 71.9 Å². The number of cyclic esters (lactones) is 1. The molecule has 1 aliphatic heterocycles. The number of esters is 1. The van der Waals surface area contributed by atoms with Gasteiger partial charge in [0, 0.05) is 24.5 Å². The van der Waals surface area contributed by atoms with Crippen molar-refractivity contribution in [1.29, 1.82) is 0 Å². The van der Waals surface area contributed by atoms with Gasteiger partial charge in [0.25, 0.3) is 0 Å². The number of carbonyl (C=O) groups is 2. The molecule has 0 aromatic rings. The van der Waals surface area contributed by atoms with E-state index in [0.717, 1.165) is 42.9 Å². The predicted molar refractivity (Wildman–Crippen MR) is 245 cm³/mol. The highest BCUT2D eigenvalue weighted by Gasteiger charge is 2.48. The Morgan fingerprint density at radius 2 is 1.48 bits per heavy atom. The molecule has 1 aliphatic rings. The Balaban J connectivity index is 3.83. The van der Waals surface area contributed by atoms with Gasteiger partial charge in [-0.2, -0.15) is 0 Å². The highest BCUT2D eigenvalue weighted by Crippen LogP contribution is 2.44. The molecule has 0 bridgehead atoms. The van der Waals surface area contributed by atoms with Gasteiger partial charge in [0.15, 0.2) is 16.6 Å². The monoisotopic (exact) mass is 831 g/mol. The number of carboxylic acid groups (broad SMARTS) is 1. The van der Waals surface area contributed by atoms with Gasteiger partial charge >= 0.3 is 11.9 Å². The normalized spacial score (nSPS) is 25.8. The molecule has 0 spiro atoms. The first-order valence-corrected chi connectivity index (χ1v) is 29.7. The third-order valence-corrected chi connectivity index (χ3v) is 22.9. The molecule has 0 aromatic carbocycles. The molecule has 320 valence electrons. The van der Waals surface area contributed by atoms with Crippen molar-refractivity contribution >= 4 is 36.9 Å². The Labute approximate surface area is 346 Å². The van der Waals surface area contributed by atoms with Crippen molar-refractivity contribution < 1.29 is 32.7 Å². The largest absolute Gasteiger partial charge is 0.478 e. The smallest absolute Gasteiger partial charge is 0.330 e. The van der Waals surface area contributed by atoms with Crippen molar-refractivity contribution in [3.63, 3.8) is 0 Å². The molecule has 5 atom stereocenters. The molecule has 0 fully saturated rings. The van der Waals surface area contributed by atoms with E-state index in [2.05, 4.69) is 132 Å². The van der Waals surface area contributed by atoms with Gasteiger partial charge in [0.05, 0.1) is 18.3 Å². The summed E-state index contributed by atoms with van der Waals surface area (Å²) in [7, 11) is -6.39. The lowest BCUT2D eigenvalue weighted by molar-refractivity contribution is -0.144. The van der Waals surface area contributed by atoms with Crippen LogP contribution >= 0.6 is 0 Å². The predicted octanol–water partition coefficient (Wildman–Crippen LogP) is 13.3. The lowest BCUT2D eigenvalue weighted by Gasteiger charge is -2.46. The van der Waals surface area contributed by atoms with E-state index in [1.54, 1.807) is 12.2 Å². The first kappa shape index (κ1) is 51.9. The van der Waals surface area contributed by atoms with Crippen molar-refractivity contribution in [2.75, 3.05) is 0 Å². The zero-order valence-electron chi connectivity index (χ0n) is 38.5. The van der Waals surface area contributed by atoms with Gasteiger partial charge < -0.3 is 23.1 Å². The van der Waals surface area contributed by atoms with Crippen molar-refractivity contribution in [2.45, 2.75) is 200 Å². The van der Waals surface area contributed by atoms with Gasteiger partial charge in [-0.1, -0.05) is 129 Å². The lowest BCUT2D eigenvalue weighted by atomic mass is 9.95. The molecule has 0 aromatic heterocycles. The average Bonchev–Trinajstić information content (AvgIpc) is 3.04. The maximum atomic E-state index is 13.2. The molecule has 56 heavy (non-hydrogen) atoms. The molecule has 0 saturated carbocycles. The van der Waals surface area contributed by atoms with Gasteiger partial charge in [-0.05, 0) is 100 Å². The number of carboxylic acids is 1. The Kier molecular flexibility index (Phi) is 21.8. The zero-order valence-corrected chi connectivity index (χ0v) is 41.5. The second-order valence-corrected chi connectivity index (χ2v) is 34.1. The second-order valence-electron chi connectivity index (χ2n) is 19.4. The second kappa shape index (κ2) is 23.5. The first-order valence-electron chi connectivity index (χ1n) is 21.2. The Morgan fingerprint density at radius 3 is 2.02 bits per heavy atom. The van der Waals surface area contributed by atoms with Crippen molar-refractivity contribution in [2.24, 2.45) is 5.92 Å². The summed E-state index contributed by atoms with van der Waals surface area (Å²) in [4.78, 5) is 24.2. The molecule has 0 saturated heterocycles. The third kappa shape index (κ3) is 18.2. The number of hydrogen-bond acceptors (Lipinski definition) is 6. The van der Waals surface area contributed by atoms with Crippen LogP contribution in [0.5, 0.6) is 0 Å². The van der Waals surface area contributed by atoms with Crippen LogP contribution in [-0.4, -0.2) is 66.4 Å². The van der Waals surface area contributed by atoms with E-state index >= 15 is 0 Å². The first-order chi connectivity index (χ1) is 25.7. The number of ether oxygens (including phenoxy) is 1. The fraction of sp³-hybridized carbons (Fsp3) is 0.696. The molecule has 0 aliphatic carbocycles. The van der Waals surface area contributed by atoms with Crippen LogP contribution in [0.25, 0.3) is 0 Å². The van der Waals surface area contributed by atoms with Crippen LogP contribution in [0.3, 0.4) is 0 Å². The lowest BCUT2D eigenvalue weighted by Crippen LogP contribution is -2.53. The maximum absolute atomic E-state index is 13.2. The summed E-state index contributed by atoms with van der Waals surface area (Å²) >= 11 is 0. The quantitative estimate of drug-likeness (QED) is 0.0650. The molecule has 1 N–H and O–H groups in total. The minimum atomic E-state index is -2.29. The van der Waals surface area contributed by atoms with E-state index in [1.807, 2.05) is 26.0 Å². The van der Waals surface area contributed by atoms with Crippen LogP contribution in [0.2, 0.25) is 54.4 Å². The summed E-state index contributed by atoms with van der Waals surface area (Å²) in [5.41, 5.74) is 3.19. The fourth-order valence-electron chi connectivity index (χ4n) is 7.51. The zero-order chi connectivity index (χ0) is 43.1. The highest BCUT2D eigenvalue weighted by molar-refractivity contribution is 6.77. The molecular weight excluding hydrogens is 749 g/mol. The van der Waals surface area contributed by atoms with Crippen LogP contribution in [0, 0.1) is 5.92 Å². The molecule has 10 heteroatoms. The minimum Gasteiger partial charge on any atom is -0.478 e. The van der Waals surface area contributed by atoms with E-state index in [1.165, 1.54) is 0 Å². The molecular formula is C46H82O7Si3. The van der Waals surface area contributed by atoms with Gasteiger partial charge in [0.2, 0.25) is 8.32 Å². The number of carbonyl (C=O) groups excluding carboxylic acids is 1.